The Balaban J connectivity index is 1.99. The second kappa shape index (κ2) is 6.38. The molecule has 2 aromatic rings. The molecule has 1 heterocycles. The molecule has 0 unspecified atom stereocenters. The highest BCUT2D eigenvalue weighted by atomic mass is 16.5. The van der Waals surface area contributed by atoms with E-state index in [4.69, 9.17) is 4.74 Å². The maximum absolute atomic E-state index is 10.7. The first-order valence-electron chi connectivity index (χ1n) is 6.70. The van der Waals surface area contributed by atoms with E-state index in [2.05, 4.69) is 23.7 Å². The zero-order valence-electron chi connectivity index (χ0n) is 11.5. The summed E-state index contributed by atoms with van der Waals surface area (Å²) < 4.78 is 5.75. The van der Waals surface area contributed by atoms with Crippen molar-refractivity contribution in [1.29, 1.82) is 0 Å². The number of likely N-dealkylation sites (N-methyl/N-ethyl adjacent to an activating group) is 1. The Bertz CT molecular complexity index is 544. The smallest absolute Gasteiger partial charge is 0.166 e. The van der Waals surface area contributed by atoms with Gasteiger partial charge < -0.3 is 14.6 Å². The summed E-state index contributed by atoms with van der Waals surface area (Å²) in [5, 5.41) is 1.00. The number of aromatic nitrogens is 1. The summed E-state index contributed by atoms with van der Waals surface area (Å²) >= 11 is 0. The SMILES string of the molecule is CCN(CC)CCOc1ccc2[nH]c(C=O)cc2c1. The molecule has 0 aliphatic heterocycles. The number of aromatic amines is 1. The third-order valence-corrected chi connectivity index (χ3v) is 3.31. The van der Waals surface area contributed by atoms with Crippen molar-refractivity contribution < 1.29 is 9.53 Å². The summed E-state index contributed by atoms with van der Waals surface area (Å²) in [6.07, 6.45) is 0.820. The van der Waals surface area contributed by atoms with Crippen molar-refractivity contribution in [3.8, 4) is 5.75 Å². The molecule has 2 rings (SSSR count). The van der Waals surface area contributed by atoms with Crippen LogP contribution < -0.4 is 4.74 Å². The first-order chi connectivity index (χ1) is 9.26. The molecule has 1 aromatic carbocycles. The van der Waals surface area contributed by atoms with Gasteiger partial charge in [-0.25, -0.2) is 0 Å². The molecule has 19 heavy (non-hydrogen) atoms. The van der Waals surface area contributed by atoms with Crippen LogP contribution in [0.5, 0.6) is 5.75 Å². The van der Waals surface area contributed by atoms with Gasteiger partial charge in [0.2, 0.25) is 0 Å². The number of nitrogens with zero attached hydrogens (tertiary/aromatic N) is 1. The van der Waals surface area contributed by atoms with Crippen LogP contribution in [0.2, 0.25) is 0 Å². The quantitative estimate of drug-likeness (QED) is 0.778. The second-order valence-electron chi connectivity index (χ2n) is 4.47. The van der Waals surface area contributed by atoms with Gasteiger partial charge in [0.25, 0.3) is 0 Å². The fourth-order valence-corrected chi connectivity index (χ4v) is 2.12. The molecule has 0 atom stereocenters. The van der Waals surface area contributed by atoms with Gasteiger partial charge in [0, 0.05) is 17.4 Å². The molecular formula is C15H20N2O2. The summed E-state index contributed by atoms with van der Waals surface area (Å²) in [4.78, 5) is 16.1. The highest BCUT2D eigenvalue weighted by Crippen LogP contribution is 2.21. The fourth-order valence-electron chi connectivity index (χ4n) is 2.12. The molecule has 0 saturated heterocycles. The lowest BCUT2D eigenvalue weighted by molar-refractivity contribution is 0.112. The lowest BCUT2D eigenvalue weighted by Gasteiger charge is -2.17. The van der Waals surface area contributed by atoms with Gasteiger partial charge in [0.05, 0.1) is 5.69 Å². The maximum atomic E-state index is 10.7. The lowest BCUT2D eigenvalue weighted by Crippen LogP contribution is -2.27. The highest BCUT2D eigenvalue weighted by Gasteiger charge is 2.03. The minimum atomic E-state index is 0.593. The molecule has 1 N–H and O–H groups in total. The highest BCUT2D eigenvalue weighted by molar-refractivity contribution is 5.88. The number of carbonyl (C=O) groups is 1. The topological polar surface area (TPSA) is 45.3 Å². The number of carbonyl (C=O) groups excluding carboxylic acids is 1. The summed E-state index contributed by atoms with van der Waals surface area (Å²) in [6, 6.07) is 7.66. The number of ether oxygens (including phenoxy) is 1. The van der Waals surface area contributed by atoms with E-state index in [1.165, 1.54) is 0 Å². The monoisotopic (exact) mass is 260 g/mol. The van der Waals surface area contributed by atoms with Crippen molar-refractivity contribution in [3.63, 3.8) is 0 Å². The molecule has 4 heteroatoms. The van der Waals surface area contributed by atoms with Crippen LogP contribution in [0.4, 0.5) is 0 Å². The third-order valence-electron chi connectivity index (χ3n) is 3.31. The summed E-state index contributed by atoms with van der Waals surface area (Å²) in [5.41, 5.74) is 1.55. The van der Waals surface area contributed by atoms with E-state index in [-0.39, 0.29) is 0 Å². The van der Waals surface area contributed by atoms with Crippen LogP contribution in [0.25, 0.3) is 10.9 Å². The largest absolute Gasteiger partial charge is 0.492 e. The van der Waals surface area contributed by atoms with E-state index in [1.54, 1.807) is 0 Å². The Kier molecular flexibility index (Phi) is 4.58. The Morgan fingerprint density at radius 2 is 2.05 bits per heavy atom. The van der Waals surface area contributed by atoms with E-state index in [1.807, 2.05) is 24.3 Å². The van der Waals surface area contributed by atoms with Gasteiger partial charge in [-0.2, -0.15) is 0 Å². The fraction of sp³-hybridized carbons (Fsp3) is 0.400. The standard InChI is InChI=1S/C15H20N2O2/c1-3-17(4-2)7-8-19-14-5-6-15-12(10-14)9-13(11-18)16-15/h5-6,9-11,16H,3-4,7-8H2,1-2H3. The Morgan fingerprint density at radius 3 is 2.74 bits per heavy atom. The number of fused-ring (bicyclic) bond motifs is 1. The minimum Gasteiger partial charge on any atom is -0.492 e. The molecule has 0 bridgehead atoms. The van der Waals surface area contributed by atoms with Crippen molar-refractivity contribution in [2.75, 3.05) is 26.2 Å². The second-order valence-corrected chi connectivity index (χ2v) is 4.47. The summed E-state index contributed by atoms with van der Waals surface area (Å²) in [5.74, 6) is 0.844. The van der Waals surface area contributed by atoms with Crippen LogP contribution >= 0.6 is 0 Å². The van der Waals surface area contributed by atoms with Crippen molar-refractivity contribution in [3.05, 3.63) is 30.0 Å². The average Bonchev–Trinajstić information content (AvgIpc) is 2.86. The van der Waals surface area contributed by atoms with Crippen LogP contribution in [0.15, 0.2) is 24.3 Å². The van der Waals surface area contributed by atoms with Crippen molar-refractivity contribution in [1.82, 2.24) is 9.88 Å². The normalized spacial score (nSPS) is 11.1. The Labute approximate surface area is 113 Å². The molecule has 0 saturated carbocycles. The molecule has 0 fully saturated rings. The number of hydrogen-bond acceptors (Lipinski definition) is 3. The zero-order valence-corrected chi connectivity index (χ0v) is 11.5. The van der Waals surface area contributed by atoms with Gasteiger partial charge in [-0.1, -0.05) is 13.8 Å². The van der Waals surface area contributed by atoms with Gasteiger partial charge in [0.15, 0.2) is 6.29 Å². The van der Waals surface area contributed by atoms with Crippen LogP contribution in [0, 0.1) is 0 Å². The van der Waals surface area contributed by atoms with Gasteiger partial charge >= 0.3 is 0 Å². The molecule has 4 nitrogen and oxygen atoms in total. The number of H-pyrrole nitrogens is 1. The van der Waals surface area contributed by atoms with Crippen LogP contribution in [0.3, 0.4) is 0 Å². The number of hydrogen-bond donors (Lipinski definition) is 1. The molecule has 0 radical (unpaired) electrons. The lowest BCUT2D eigenvalue weighted by atomic mass is 10.2. The van der Waals surface area contributed by atoms with Gasteiger partial charge in [-0.15, -0.1) is 0 Å². The van der Waals surface area contributed by atoms with Crippen molar-refractivity contribution in [2.45, 2.75) is 13.8 Å². The Morgan fingerprint density at radius 1 is 1.26 bits per heavy atom. The van der Waals surface area contributed by atoms with E-state index in [0.29, 0.717) is 12.3 Å². The molecule has 0 aliphatic rings. The molecule has 1 aromatic heterocycles. The maximum Gasteiger partial charge on any atom is 0.166 e. The van der Waals surface area contributed by atoms with Gasteiger partial charge in [-0.05, 0) is 37.4 Å². The van der Waals surface area contributed by atoms with E-state index < -0.39 is 0 Å². The first-order valence-corrected chi connectivity index (χ1v) is 6.70. The van der Waals surface area contributed by atoms with Crippen LogP contribution in [-0.4, -0.2) is 42.4 Å². The molecule has 0 aliphatic carbocycles. The molecule has 102 valence electrons. The number of aldehydes is 1. The van der Waals surface area contributed by atoms with Crippen LogP contribution in [0.1, 0.15) is 24.3 Å². The first kappa shape index (κ1) is 13.6. The average molecular weight is 260 g/mol. The van der Waals surface area contributed by atoms with E-state index >= 15 is 0 Å². The number of rotatable bonds is 7. The zero-order chi connectivity index (χ0) is 13.7. The number of benzene rings is 1. The predicted octanol–water partition coefficient (Wildman–Crippen LogP) is 2.70. The molecule has 0 spiro atoms. The summed E-state index contributed by atoms with van der Waals surface area (Å²) in [7, 11) is 0. The molecule has 0 amide bonds. The van der Waals surface area contributed by atoms with Crippen LogP contribution in [-0.2, 0) is 0 Å². The third kappa shape index (κ3) is 3.35. The predicted molar refractivity (Wildman–Crippen MR) is 77.0 cm³/mol. The van der Waals surface area contributed by atoms with Gasteiger partial charge in [0.1, 0.15) is 12.4 Å². The van der Waals surface area contributed by atoms with Crippen molar-refractivity contribution in [2.24, 2.45) is 0 Å². The van der Waals surface area contributed by atoms with Crippen molar-refractivity contribution >= 4 is 17.2 Å². The van der Waals surface area contributed by atoms with E-state index in [9.17, 15) is 4.79 Å². The minimum absolute atomic E-state index is 0.593. The Hall–Kier alpha value is -1.81. The molecular weight excluding hydrogens is 240 g/mol. The number of nitrogens with one attached hydrogen (secondary N) is 1. The summed E-state index contributed by atoms with van der Waals surface area (Å²) in [6.45, 7) is 7.99. The van der Waals surface area contributed by atoms with E-state index in [0.717, 1.165) is 42.6 Å². The van der Waals surface area contributed by atoms with Gasteiger partial charge in [-0.3, -0.25) is 4.79 Å².